The number of rotatable bonds is 6. The van der Waals surface area contributed by atoms with E-state index in [-0.39, 0.29) is 0 Å². The third kappa shape index (κ3) is 5.19. The maximum absolute atomic E-state index is 6.52. The number of para-hydroxylation sites is 2. The second-order valence-electron chi connectivity index (χ2n) is 13.9. The van der Waals surface area contributed by atoms with Crippen molar-refractivity contribution in [3.05, 3.63) is 194 Å². The number of hydrogen-bond donors (Lipinski definition) is 0. The van der Waals surface area contributed by atoms with E-state index >= 15 is 0 Å². The molecule has 258 valence electrons. The Hall–Kier alpha value is -7.43. The Morgan fingerprint density at radius 2 is 1.05 bits per heavy atom. The maximum atomic E-state index is 6.52. The highest BCUT2D eigenvalue weighted by Crippen LogP contribution is 2.44. The van der Waals surface area contributed by atoms with E-state index in [0.717, 1.165) is 99.5 Å². The van der Waals surface area contributed by atoms with Gasteiger partial charge in [0.15, 0.2) is 5.58 Å². The Bertz CT molecular complexity index is 3200. The smallest absolute Gasteiger partial charge is 0.227 e. The van der Waals surface area contributed by atoms with Crippen LogP contribution in [0.25, 0.3) is 88.3 Å². The van der Waals surface area contributed by atoms with Gasteiger partial charge in [-0.25, -0.2) is 4.98 Å². The number of fused-ring (bicyclic) bond motifs is 8. The van der Waals surface area contributed by atoms with Crippen LogP contribution in [0.4, 0.5) is 17.1 Å². The number of oxazole rings is 1. The van der Waals surface area contributed by atoms with Crippen molar-refractivity contribution in [3.63, 3.8) is 0 Å². The van der Waals surface area contributed by atoms with Crippen molar-refractivity contribution in [1.29, 1.82) is 0 Å². The number of aromatic nitrogens is 1. The summed E-state index contributed by atoms with van der Waals surface area (Å²) in [6.45, 7) is 0. The molecule has 0 atom stereocenters. The average molecular weight is 705 g/mol. The number of benzene rings is 9. The zero-order valence-electron chi connectivity index (χ0n) is 29.7. The summed E-state index contributed by atoms with van der Waals surface area (Å²) in [5.74, 6) is 0.626. The van der Waals surface area contributed by atoms with Crippen LogP contribution in [0.2, 0.25) is 0 Å². The normalized spacial score (nSPS) is 11.6. The first-order valence-electron chi connectivity index (χ1n) is 18.5. The van der Waals surface area contributed by atoms with E-state index in [1.54, 1.807) is 0 Å². The Morgan fingerprint density at radius 3 is 1.91 bits per heavy atom. The van der Waals surface area contributed by atoms with Gasteiger partial charge in [0.05, 0.1) is 5.69 Å². The number of hydrogen-bond acceptors (Lipinski definition) is 4. The average Bonchev–Trinajstić information content (AvgIpc) is 3.87. The quantitative estimate of drug-likeness (QED) is 0.162. The molecule has 55 heavy (non-hydrogen) atoms. The largest absolute Gasteiger partial charge is 0.456 e. The minimum Gasteiger partial charge on any atom is -0.456 e. The molecule has 0 saturated heterocycles. The van der Waals surface area contributed by atoms with E-state index in [9.17, 15) is 0 Å². The number of nitrogens with zero attached hydrogens (tertiary/aromatic N) is 2. The van der Waals surface area contributed by atoms with Gasteiger partial charge in [-0.1, -0.05) is 133 Å². The van der Waals surface area contributed by atoms with Gasteiger partial charge in [0.2, 0.25) is 5.89 Å². The van der Waals surface area contributed by atoms with Crippen molar-refractivity contribution in [1.82, 2.24) is 4.98 Å². The highest BCUT2D eigenvalue weighted by Gasteiger charge is 2.20. The van der Waals surface area contributed by atoms with E-state index < -0.39 is 0 Å². The third-order valence-corrected chi connectivity index (χ3v) is 10.7. The molecular weight excluding hydrogens is 673 g/mol. The second-order valence-corrected chi connectivity index (χ2v) is 13.9. The van der Waals surface area contributed by atoms with Crippen LogP contribution in [0.15, 0.2) is 203 Å². The zero-order chi connectivity index (χ0) is 36.3. The molecule has 11 aromatic rings. The van der Waals surface area contributed by atoms with E-state index in [1.807, 2.05) is 48.5 Å². The third-order valence-electron chi connectivity index (χ3n) is 10.7. The number of anilines is 3. The van der Waals surface area contributed by atoms with Crippen LogP contribution in [-0.4, -0.2) is 4.98 Å². The van der Waals surface area contributed by atoms with Crippen molar-refractivity contribution < 1.29 is 8.83 Å². The summed E-state index contributed by atoms with van der Waals surface area (Å²) < 4.78 is 12.8. The van der Waals surface area contributed by atoms with Crippen LogP contribution in [0.1, 0.15) is 0 Å². The first kappa shape index (κ1) is 31.1. The fraction of sp³-hybridized carbons (Fsp3) is 0. The summed E-state index contributed by atoms with van der Waals surface area (Å²) in [6.07, 6.45) is 0. The molecule has 0 radical (unpaired) electrons. The topological polar surface area (TPSA) is 42.4 Å². The fourth-order valence-corrected chi connectivity index (χ4v) is 8.13. The monoisotopic (exact) mass is 704 g/mol. The summed E-state index contributed by atoms with van der Waals surface area (Å²) in [5, 5.41) is 6.68. The van der Waals surface area contributed by atoms with Gasteiger partial charge in [-0.2, -0.15) is 0 Å². The minimum absolute atomic E-state index is 0.626. The molecule has 9 aromatic carbocycles. The van der Waals surface area contributed by atoms with E-state index in [0.29, 0.717) is 5.89 Å². The van der Waals surface area contributed by atoms with Gasteiger partial charge in [0.1, 0.15) is 16.7 Å². The molecule has 0 saturated carbocycles. The lowest BCUT2D eigenvalue weighted by atomic mass is 9.97. The van der Waals surface area contributed by atoms with Crippen LogP contribution in [-0.2, 0) is 0 Å². The van der Waals surface area contributed by atoms with Crippen LogP contribution in [0.5, 0.6) is 0 Å². The molecular formula is C51H32N2O2. The van der Waals surface area contributed by atoms with Gasteiger partial charge in [-0.3, -0.25) is 0 Å². The Morgan fingerprint density at radius 1 is 0.400 bits per heavy atom. The van der Waals surface area contributed by atoms with Crippen molar-refractivity contribution in [2.45, 2.75) is 0 Å². The SMILES string of the molecule is c1ccc(-c2nc3ccc4ccc5cc(N(c6ccc(-c7cccc8oc9ccccc9c78)cc6)c6ccccc6-c6ccccc6)ccc5c4c3o2)cc1. The fourth-order valence-electron chi connectivity index (χ4n) is 8.13. The summed E-state index contributed by atoms with van der Waals surface area (Å²) in [4.78, 5) is 7.25. The molecule has 0 spiro atoms. The standard InChI is InChI=1S/C51H32N2O2/c1-3-12-33(13-4-1)40-16-7-9-19-45(40)53(38-27-24-34(25-28-38)41-18-11-21-47-49(41)43-17-8-10-20-46(43)54-47)39-29-30-42-37(32-39)23-22-35-26-31-44-50(48(35)42)55-51(52-44)36-14-5-2-6-15-36/h1-32H. The Kier molecular flexibility index (Phi) is 7.14. The summed E-state index contributed by atoms with van der Waals surface area (Å²) in [6, 6.07) is 68.2. The van der Waals surface area contributed by atoms with Crippen molar-refractivity contribution in [3.8, 4) is 33.7 Å². The van der Waals surface area contributed by atoms with Crippen molar-refractivity contribution >= 4 is 71.6 Å². The molecule has 2 heterocycles. The lowest BCUT2D eigenvalue weighted by molar-refractivity contribution is 0.623. The summed E-state index contributed by atoms with van der Waals surface area (Å²) in [7, 11) is 0. The summed E-state index contributed by atoms with van der Waals surface area (Å²) >= 11 is 0. The predicted molar refractivity (Wildman–Crippen MR) is 227 cm³/mol. The zero-order valence-corrected chi connectivity index (χ0v) is 29.7. The van der Waals surface area contributed by atoms with E-state index in [4.69, 9.17) is 13.8 Å². The minimum atomic E-state index is 0.626. The first-order valence-corrected chi connectivity index (χ1v) is 18.5. The molecule has 11 rings (SSSR count). The van der Waals surface area contributed by atoms with Crippen LogP contribution < -0.4 is 4.90 Å². The van der Waals surface area contributed by atoms with Gasteiger partial charge >= 0.3 is 0 Å². The van der Waals surface area contributed by atoms with Crippen molar-refractivity contribution in [2.75, 3.05) is 4.90 Å². The maximum Gasteiger partial charge on any atom is 0.227 e. The molecule has 0 aliphatic rings. The van der Waals surface area contributed by atoms with E-state index in [1.165, 1.54) is 0 Å². The molecule has 0 amide bonds. The molecule has 0 fully saturated rings. The number of furan rings is 1. The molecule has 0 bridgehead atoms. The highest BCUT2D eigenvalue weighted by atomic mass is 16.3. The molecule has 4 nitrogen and oxygen atoms in total. The van der Waals surface area contributed by atoms with Gasteiger partial charge < -0.3 is 13.7 Å². The molecule has 0 unspecified atom stereocenters. The van der Waals surface area contributed by atoms with Gasteiger partial charge in [0.25, 0.3) is 0 Å². The second kappa shape index (κ2) is 12.6. The summed E-state index contributed by atoms with van der Waals surface area (Å²) in [5.41, 5.74) is 12.2. The Labute approximate surface area is 317 Å². The van der Waals surface area contributed by atoms with Crippen LogP contribution in [0.3, 0.4) is 0 Å². The molecule has 4 heteroatoms. The molecule has 0 aliphatic heterocycles. The predicted octanol–water partition coefficient (Wildman–Crippen LogP) is 14.5. The van der Waals surface area contributed by atoms with Gasteiger partial charge in [0, 0.05) is 38.7 Å². The lowest BCUT2D eigenvalue weighted by Crippen LogP contribution is -2.11. The van der Waals surface area contributed by atoms with Gasteiger partial charge in [-0.15, -0.1) is 0 Å². The van der Waals surface area contributed by atoms with Crippen LogP contribution >= 0.6 is 0 Å². The van der Waals surface area contributed by atoms with Crippen molar-refractivity contribution in [2.24, 2.45) is 0 Å². The molecule has 0 aliphatic carbocycles. The Balaban J connectivity index is 1.08. The molecule has 0 N–H and O–H groups in total. The first-order chi connectivity index (χ1) is 27.3. The molecule has 2 aromatic heterocycles. The lowest BCUT2D eigenvalue weighted by Gasteiger charge is -2.28. The van der Waals surface area contributed by atoms with Crippen LogP contribution in [0, 0.1) is 0 Å². The van der Waals surface area contributed by atoms with E-state index in [2.05, 4.69) is 150 Å². The highest BCUT2D eigenvalue weighted by molar-refractivity contribution is 6.18. The van der Waals surface area contributed by atoms with Gasteiger partial charge in [-0.05, 0) is 93.5 Å².